The van der Waals surface area contributed by atoms with E-state index in [1.807, 2.05) is 55.5 Å². The molecule has 1 heterocycles. The monoisotopic (exact) mass is 556 g/mol. The van der Waals surface area contributed by atoms with Crippen molar-refractivity contribution in [3.05, 3.63) is 99.6 Å². The predicted octanol–water partition coefficient (Wildman–Crippen LogP) is 7.65. The topological polar surface area (TPSA) is 74.2 Å². The molecule has 1 aliphatic heterocycles. The van der Waals surface area contributed by atoms with Gasteiger partial charge in [-0.05, 0) is 54.8 Å². The lowest BCUT2D eigenvalue weighted by Crippen LogP contribution is -2.32. The van der Waals surface area contributed by atoms with E-state index in [1.165, 1.54) is 7.11 Å². The van der Waals surface area contributed by atoms with Crippen LogP contribution in [0.25, 0.3) is 0 Å². The molecular weight excluding hydrogens is 527 g/mol. The van der Waals surface area contributed by atoms with Crippen molar-refractivity contribution in [2.24, 2.45) is 5.92 Å². The van der Waals surface area contributed by atoms with E-state index in [-0.39, 0.29) is 23.7 Å². The van der Waals surface area contributed by atoms with Crippen LogP contribution in [0.4, 0.5) is 0 Å². The lowest BCUT2D eigenvalue weighted by molar-refractivity contribution is -0.139. The average Bonchev–Trinajstić information content (AvgIpc) is 2.91. The molecular formula is C30H30Cl2O6. The molecule has 0 saturated carbocycles. The van der Waals surface area contributed by atoms with E-state index in [2.05, 4.69) is 6.58 Å². The summed E-state index contributed by atoms with van der Waals surface area (Å²) >= 11 is 12.7. The van der Waals surface area contributed by atoms with E-state index in [9.17, 15) is 9.90 Å². The standard InChI is InChI=1S/C30H30Cl2O6/c1-17(2)23-15-24(18-5-9-20(31)10-6-18)28(19-7-11-22(35-3)12-8-19)38-29(23)25-13-21(32)14-26(36-4)30(25)37-16-27(33)34/h5-14,23-24,28-29H,1,15-16H2,2-4H3,(H,33,34)/t23-,24-,28+,29+/m1/s1. The normalized spacial score (nSPS) is 21.0. The van der Waals surface area contributed by atoms with Crippen LogP contribution < -0.4 is 14.2 Å². The van der Waals surface area contributed by atoms with E-state index in [0.29, 0.717) is 27.8 Å². The summed E-state index contributed by atoms with van der Waals surface area (Å²) in [5.41, 5.74) is 3.59. The Morgan fingerprint density at radius 3 is 2.21 bits per heavy atom. The van der Waals surface area contributed by atoms with Crippen molar-refractivity contribution in [1.29, 1.82) is 0 Å². The quantitative estimate of drug-likeness (QED) is 0.273. The minimum Gasteiger partial charge on any atom is -0.497 e. The van der Waals surface area contributed by atoms with Gasteiger partial charge in [-0.25, -0.2) is 4.79 Å². The zero-order valence-corrected chi connectivity index (χ0v) is 23.0. The fourth-order valence-electron chi connectivity index (χ4n) is 4.98. The van der Waals surface area contributed by atoms with E-state index >= 15 is 0 Å². The number of halogens is 2. The van der Waals surface area contributed by atoms with Gasteiger partial charge in [-0.3, -0.25) is 0 Å². The second-order valence-corrected chi connectivity index (χ2v) is 10.2. The summed E-state index contributed by atoms with van der Waals surface area (Å²) in [5, 5.41) is 10.4. The number of hydrogen-bond acceptors (Lipinski definition) is 5. The van der Waals surface area contributed by atoms with Crippen molar-refractivity contribution in [1.82, 2.24) is 0 Å². The minimum absolute atomic E-state index is 0.0110. The molecule has 6 nitrogen and oxygen atoms in total. The molecule has 1 saturated heterocycles. The maximum atomic E-state index is 11.4. The molecule has 200 valence electrons. The number of carbonyl (C=O) groups is 1. The number of carboxylic acid groups (broad SMARTS) is 1. The zero-order valence-electron chi connectivity index (χ0n) is 21.4. The molecule has 3 aromatic rings. The number of benzene rings is 3. The summed E-state index contributed by atoms with van der Waals surface area (Å²) in [6.45, 7) is 5.70. The van der Waals surface area contributed by atoms with E-state index in [4.69, 9.17) is 42.1 Å². The Morgan fingerprint density at radius 1 is 0.974 bits per heavy atom. The largest absolute Gasteiger partial charge is 0.497 e. The van der Waals surface area contributed by atoms with Crippen LogP contribution in [0.1, 0.15) is 48.2 Å². The molecule has 1 N–H and O–H groups in total. The first-order valence-corrected chi connectivity index (χ1v) is 12.9. The van der Waals surface area contributed by atoms with Gasteiger partial charge in [-0.1, -0.05) is 59.6 Å². The molecule has 1 fully saturated rings. The van der Waals surface area contributed by atoms with Crippen LogP contribution in [0.15, 0.2) is 72.8 Å². The maximum Gasteiger partial charge on any atom is 0.341 e. The first-order valence-electron chi connectivity index (χ1n) is 12.1. The van der Waals surface area contributed by atoms with Gasteiger partial charge in [0.15, 0.2) is 18.1 Å². The van der Waals surface area contributed by atoms with Gasteiger partial charge in [0.25, 0.3) is 0 Å². The molecule has 3 aromatic carbocycles. The van der Waals surface area contributed by atoms with Crippen LogP contribution in [0.3, 0.4) is 0 Å². The van der Waals surface area contributed by atoms with E-state index in [1.54, 1.807) is 19.2 Å². The summed E-state index contributed by atoms with van der Waals surface area (Å²) in [5.74, 6) is 0.122. The van der Waals surface area contributed by atoms with Crippen molar-refractivity contribution in [3.63, 3.8) is 0 Å². The van der Waals surface area contributed by atoms with Gasteiger partial charge in [-0.15, -0.1) is 0 Å². The Labute approximate surface area is 232 Å². The second-order valence-electron chi connectivity index (χ2n) is 9.31. The lowest BCUT2D eigenvalue weighted by Gasteiger charge is -2.43. The molecule has 0 aliphatic carbocycles. The Hall–Kier alpha value is -3.19. The Balaban J connectivity index is 1.84. The highest BCUT2D eigenvalue weighted by atomic mass is 35.5. The van der Waals surface area contributed by atoms with Crippen molar-refractivity contribution in [2.75, 3.05) is 20.8 Å². The Kier molecular flexibility index (Phi) is 8.87. The Bertz CT molecular complexity index is 1290. The molecule has 0 bridgehead atoms. The summed E-state index contributed by atoms with van der Waals surface area (Å²) in [4.78, 5) is 11.4. The van der Waals surface area contributed by atoms with Gasteiger partial charge in [0, 0.05) is 33.5 Å². The fourth-order valence-corrected chi connectivity index (χ4v) is 5.33. The SMILES string of the molecule is C=C(C)[C@H]1C[C@H](c2ccc(Cl)cc2)[C@H](c2ccc(OC)cc2)O[C@@H]1c1cc(Cl)cc(OC)c1OCC(=O)O. The van der Waals surface area contributed by atoms with Gasteiger partial charge in [0.1, 0.15) is 5.75 Å². The first-order chi connectivity index (χ1) is 18.2. The van der Waals surface area contributed by atoms with Crippen LogP contribution in [-0.2, 0) is 9.53 Å². The van der Waals surface area contributed by atoms with Crippen molar-refractivity contribution in [3.8, 4) is 17.2 Å². The van der Waals surface area contributed by atoms with Crippen LogP contribution >= 0.6 is 23.2 Å². The van der Waals surface area contributed by atoms with Crippen LogP contribution in [-0.4, -0.2) is 31.9 Å². The molecule has 0 unspecified atom stereocenters. The molecule has 4 atom stereocenters. The Morgan fingerprint density at radius 2 is 1.63 bits per heavy atom. The number of carboxylic acids is 1. The number of aliphatic carboxylic acids is 1. The number of hydrogen-bond donors (Lipinski definition) is 1. The van der Waals surface area contributed by atoms with Crippen molar-refractivity contribution >= 4 is 29.2 Å². The van der Waals surface area contributed by atoms with Gasteiger partial charge in [-0.2, -0.15) is 0 Å². The molecule has 0 aromatic heterocycles. The minimum atomic E-state index is -1.10. The van der Waals surface area contributed by atoms with Gasteiger partial charge in [0.2, 0.25) is 0 Å². The predicted molar refractivity (Wildman–Crippen MR) is 148 cm³/mol. The number of methoxy groups -OCH3 is 2. The fraction of sp³-hybridized carbons (Fsp3) is 0.300. The summed E-state index contributed by atoms with van der Waals surface area (Å²) < 4.78 is 23.5. The molecule has 1 aliphatic rings. The summed E-state index contributed by atoms with van der Waals surface area (Å²) in [6, 6.07) is 18.9. The molecule has 0 spiro atoms. The second kappa shape index (κ2) is 12.1. The van der Waals surface area contributed by atoms with Gasteiger partial charge < -0.3 is 24.1 Å². The third kappa shape index (κ3) is 6.09. The van der Waals surface area contributed by atoms with Gasteiger partial charge >= 0.3 is 5.97 Å². The van der Waals surface area contributed by atoms with Crippen LogP contribution in [0.5, 0.6) is 17.2 Å². The molecule has 0 radical (unpaired) electrons. The third-order valence-electron chi connectivity index (χ3n) is 6.82. The summed E-state index contributed by atoms with van der Waals surface area (Å²) in [6.07, 6.45) is -0.162. The average molecular weight is 557 g/mol. The highest BCUT2D eigenvalue weighted by Crippen LogP contribution is 2.54. The third-order valence-corrected chi connectivity index (χ3v) is 7.29. The highest BCUT2D eigenvalue weighted by molar-refractivity contribution is 6.31. The molecule has 38 heavy (non-hydrogen) atoms. The maximum absolute atomic E-state index is 11.4. The highest BCUT2D eigenvalue weighted by Gasteiger charge is 2.42. The van der Waals surface area contributed by atoms with Crippen molar-refractivity contribution < 1.29 is 28.8 Å². The number of ether oxygens (including phenoxy) is 4. The number of rotatable bonds is 9. The van der Waals surface area contributed by atoms with E-state index < -0.39 is 18.7 Å². The van der Waals surface area contributed by atoms with Crippen molar-refractivity contribution in [2.45, 2.75) is 31.5 Å². The zero-order chi connectivity index (χ0) is 27.4. The van der Waals surface area contributed by atoms with Crippen LogP contribution in [0, 0.1) is 5.92 Å². The van der Waals surface area contributed by atoms with Gasteiger partial charge in [0.05, 0.1) is 26.4 Å². The van der Waals surface area contributed by atoms with Crippen LogP contribution in [0.2, 0.25) is 10.0 Å². The van der Waals surface area contributed by atoms with E-state index in [0.717, 1.165) is 22.4 Å². The lowest BCUT2D eigenvalue weighted by atomic mass is 9.74. The first kappa shape index (κ1) is 27.8. The molecule has 4 rings (SSSR count). The molecule has 0 amide bonds. The molecule has 8 heteroatoms. The summed E-state index contributed by atoms with van der Waals surface area (Å²) in [7, 11) is 3.11. The smallest absolute Gasteiger partial charge is 0.341 e.